The molecule has 0 spiro atoms. The number of imidazole rings is 2. The van der Waals surface area contributed by atoms with E-state index in [-0.39, 0.29) is 46.9 Å². The van der Waals surface area contributed by atoms with Gasteiger partial charge in [0.2, 0.25) is 11.9 Å². The Morgan fingerprint density at radius 3 is 1.75 bits per heavy atom. The monoisotopic (exact) mass is 564 g/mol. The zero-order valence-corrected chi connectivity index (χ0v) is 21.5. The number of nitrogens with zero attached hydrogens (tertiary/aromatic N) is 8. The Labute approximate surface area is 225 Å². The maximum absolute atomic E-state index is 14.4. The number of alkyl halides is 2. The van der Waals surface area contributed by atoms with Crippen molar-refractivity contribution in [1.82, 2.24) is 39.2 Å². The third kappa shape index (κ3) is 4.57. The molecular weight excluding hydrogens is 534 g/mol. The molecule has 0 unspecified atom stereocenters. The largest absolute Gasteiger partial charge is 0.394 e. The number of aliphatic hydroxyl groups excluding tert-OH is 2. The van der Waals surface area contributed by atoms with E-state index in [9.17, 15) is 13.9 Å². The number of hydrogen-bond acceptors (Lipinski definition) is 14. The van der Waals surface area contributed by atoms with Crippen LogP contribution in [0.25, 0.3) is 11.3 Å². The van der Waals surface area contributed by atoms with Crippen molar-refractivity contribution in [1.29, 1.82) is 0 Å². The van der Waals surface area contributed by atoms with Crippen LogP contribution in [0.2, 0.25) is 0 Å². The number of aromatic nitrogens is 8. The molecule has 2 fully saturated rings. The Balaban J connectivity index is 0.000000161. The second-order valence-corrected chi connectivity index (χ2v) is 9.57. The van der Waals surface area contributed by atoms with E-state index in [1.807, 2.05) is 13.8 Å². The maximum Gasteiger partial charge on any atom is 0.240 e. The normalized spacial score (nSPS) is 30.1. The van der Waals surface area contributed by atoms with Gasteiger partial charge in [-0.05, 0) is 6.42 Å². The topological polar surface area (TPSA) is 249 Å². The van der Waals surface area contributed by atoms with Gasteiger partial charge in [0.1, 0.15) is 30.6 Å². The number of aliphatic hydroxyl groups is 2. The van der Waals surface area contributed by atoms with Gasteiger partial charge in [-0.3, -0.25) is 0 Å². The minimum absolute atomic E-state index is 0.0164. The third-order valence-corrected chi connectivity index (χ3v) is 7.04. The highest BCUT2D eigenvalue weighted by Crippen LogP contribution is 2.40. The Bertz CT molecular complexity index is 1410. The fraction of sp³-hybridized carbons (Fsp3) is 0.545. The molecule has 8 atom stereocenters. The average Bonchev–Trinajstić information content (AvgIpc) is 3.66. The lowest BCUT2D eigenvalue weighted by atomic mass is 9.97. The molecule has 40 heavy (non-hydrogen) atoms. The molecule has 2 saturated heterocycles. The van der Waals surface area contributed by atoms with Crippen LogP contribution in [0.5, 0.6) is 0 Å². The highest BCUT2D eigenvalue weighted by molar-refractivity contribution is 5.61. The smallest absolute Gasteiger partial charge is 0.240 e. The summed E-state index contributed by atoms with van der Waals surface area (Å²) >= 11 is 0. The van der Waals surface area contributed by atoms with Crippen molar-refractivity contribution in [3.05, 3.63) is 23.8 Å². The van der Waals surface area contributed by atoms with E-state index < -0.39 is 43.4 Å². The van der Waals surface area contributed by atoms with Crippen LogP contribution >= 0.6 is 0 Å². The molecule has 0 amide bonds. The van der Waals surface area contributed by atoms with Crippen molar-refractivity contribution in [2.75, 3.05) is 29.5 Å². The quantitative estimate of drug-likeness (QED) is 0.183. The van der Waals surface area contributed by atoms with Gasteiger partial charge in [-0.15, -0.1) is 10.2 Å². The Kier molecular flexibility index (Phi) is 7.25. The van der Waals surface area contributed by atoms with E-state index in [4.69, 9.17) is 37.5 Å². The molecule has 0 saturated carbocycles. The van der Waals surface area contributed by atoms with Gasteiger partial charge < -0.3 is 42.6 Å². The summed E-state index contributed by atoms with van der Waals surface area (Å²) in [5, 5.41) is 26.6. The SMILES string of the molecule is CC[C@H]1O[C@@H](c2cnc3c(N)nc(N)nn23)[C@H](F)[C@@H]1C.Nc1nc(N)c2ncc([C@@H]3O[C@H](CO)[C@@H](O)[C@H]3F)n2n1. The van der Waals surface area contributed by atoms with Gasteiger partial charge in [0.15, 0.2) is 29.1 Å². The van der Waals surface area contributed by atoms with Crippen molar-refractivity contribution >= 4 is 34.8 Å². The van der Waals surface area contributed by atoms with Crippen LogP contribution < -0.4 is 22.9 Å². The predicted octanol–water partition coefficient (Wildman–Crippen LogP) is -0.467. The van der Waals surface area contributed by atoms with Gasteiger partial charge in [-0.25, -0.2) is 27.8 Å². The van der Waals surface area contributed by atoms with E-state index in [1.54, 1.807) is 0 Å². The van der Waals surface area contributed by atoms with Gasteiger partial charge in [-0.2, -0.15) is 9.97 Å². The predicted molar refractivity (Wildman–Crippen MR) is 137 cm³/mol. The Morgan fingerprint density at radius 2 is 1.32 bits per heavy atom. The number of hydrogen-bond donors (Lipinski definition) is 6. The molecule has 2 aliphatic heterocycles. The zero-order valence-electron chi connectivity index (χ0n) is 21.5. The van der Waals surface area contributed by atoms with Gasteiger partial charge in [-0.1, -0.05) is 13.8 Å². The van der Waals surface area contributed by atoms with Gasteiger partial charge in [0, 0.05) is 5.92 Å². The van der Waals surface area contributed by atoms with Crippen LogP contribution in [0.3, 0.4) is 0 Å². The first kappa shape index (κ1) is 27.6. The molecule has 0 radical (unpaired) electrons. The maximum atomic E-state index is 14.4. The number of fused-ring (bicyclic) bond motifs is 2. The van der Waals surface area contributed by atoms with E-state index >= 15 is 0 Å². The molecular formula is C22H30F2N12O4. The zero-order chi connectivity index (χ0) is 28.9. The average molecular weight is 565 g/mol. The highest BCUT2D eigenvalue weighted by atomic mass is 19.1. The summed E-state index contributed by atoms with van der Waals surface area (Å²) in [5.41, 5.74) is 23.8. The van der Waals surface area contributed by atoms with Gasteiger partial charge in [0.05, 0.1) is 36.5 Å². The number of ether oxygens (including phenoxy) is 2. The molecule has 6 heterocycles. The second kappa shape index (κ2) is 10.5. The van der Waals surface area contributed by atoms with Crippen LogP contribution in [0, 0.1) is 5.92 Å². The van der Waals surface area contributed by atoms with Crippen LogP contribution in [0.1, 0.15) is 43.9 Å². The first-order chi connectivity index (χ1) is 19.0. The van der Waals surface area contributed by atoms with Crippen molar-refractivity contribution in [3.8, 4) is 0 Å². The van der Waals surface area contributed by atoms with Crippen LogP contribution in [0.4, 0.5) is 32.3 Å². The summed E-state index contributed by atoms with van der Waals surface area (Å²) in [4.78, 5) is 15.7. The Hall–Kier alpha value is -4.00. The Morgan fingerprint density at radius 1 is 0.850 bits per heavy atom. The lowest BCUT2D eigenvalue weighted by Gasteiger charge is -2.12. The summed E-state index contributed by atoms with van der Waals surface area (Å²) in [7, 11) is 0. The number of nitrogen functional groups attached to an aromatic ring is 4. The summed E-state index contributed by atoms with van der Waals surface area (Å²) in [5.74, 6) is -0.0367. The second-order valence-electron chi connectivity index (χ2n) is 9.57. The molecule has 6 rings (SSSR count). The van der Waals surface area contributed by atoms with Crippen LogP contribution in [-0.2, 0) is 9.47 Å². The number of nitrogens with two attached hydrogens (primary N) is 4. The summed E-state index contributed by atoms with van der Waals surface area (Å²) in [6, 6.07) is 0. The fourth-order valence-electron chi connectivity index (χ4n) is 4.94. The highest BCUT2D eigenvalue weighted by Gasteiger charge is 2.46. The van der Waals surface area contributed by atoms with Crippen molar-refractivity contribution in [2.45, 2.75) is 63.1 Å². The minimum Gasteiger partial charge on any atom is -0.394 e. The van der Waals surface area contributed by atoms with E-state index in [0.29, 0.717) is 11.3 Å². The van der Waals surface area contributed by atoms with Crippen molar-refractivity contribution < 1.29 is 28.5 Å². The van der Waals surface area contributed by atoms with Crippen LogP contribution in [0.15, 0.2) is 12.4 Å². The van der Waals surface area contributed by atoms with Crippen molar-refractivity contribution in [2.24, 2.45) is 5.92 Å². The van der Waals surface area contributed by atoms with Gasteiger partial charge in [0.25, 0.3) is 0 Å². The molecule has 0 aliphatic carbocycles. The van der Waals surface area contributed by atoms with Gasteiger partial charge >= 0.3 is 0 Å². The molecule has 18 heteroatoms. The minimum atomic E-state index is -1.72. The molecule has 4 aromatic heterocycles. The van der Waals surface area contributed by atoms with E-state index in [2.05, 4.69) is 30.1 Å². The van der Waals surface area contributed by atoms with Crippen molar-refractivity contribution in [3.63, 3.8) is 0 Å². The fourth-order valence-corrected chi connectivity index (χ4v) is 4.94. The van der Waals surface area contributed by atoms with E-state index in [1.165, 1.54) is 21.4 Å². The van der Waals surface area contributed by atoms with Crippen LogP contribution in [-0.4, -0.2) is 86.6 Å². The number of halogens is 2. The first-order valence-corrected chi connectivity index (χ1v) is 12.5. The molecule has 216 valence electrons. The lowest BCUT2D eigenvalue weighted by molar-refractivity contribution is -0.0241. The third-order valence-electron chi connectivity index (χ3n) is 7.04. The summed E-state index contributed by atoms with van der Waals surface area (Å²) < 4.78 is 42.2. The summed E-state index contributed by atoms with van der Waals surface area (Å²) in [6.07, 6.45) is -3.60. The molecule has 10 N–H and O–H groups in total. The molecule has 16 nitrogen and oxygen atoms in total. The number of rotatable bonds is 4. The summed E-state index contributed by atoms with van der Waals surface area (Å²) in [6.45, 7) is 3.33. The first-order valence-electron chi connectivity index (χ1n) is 12.5. The molecule has 0 aromatic carbocycles. The standard InChI is InChI=1S/C12H17FN6O.C10H13FN6O3/c1-3-7-5(2)8(13)9(20-7)6-4-16-11-10(14)17-12(15)18-19(6)11;11-5-6(19)4(2-18)20-7(5)3-1-14-9-8(12)15-10(13)16-17(3)9/h4-5,7-9H,3H2,1-2H3,(H4,14,15,17,18);1,4-7,18-19H,2H2,(H4,12,13,15,16)/t5-,7-,8-,9+;4-,5-,6-,7+/m11/s1. The molecule has 0 bridgehead atoms. The van der Waals surface area contributed by atoms with E-state index in [0.717, 1.165) is 6.42 Å². The lowest BCUT2D eigenvalue weighted by Crippen LogP contribution is -2.30. The number of anilines is 4. The molecule has 4 aromatic rings. The molecule has 2 aliphatic rings.